The summed E-state index contributed by atoms with van der Waals surface area (Å²) in [5, 5.41) is 0. The molecule has 0 aliphatic rings. The number of carbonyl (C=O) groups is 2. The van der Waals surface area contributed by atoms with Gasteiger partial charge in [-0.1, -0.05) is 60.7 Å². The molecule has 0 atom stereocenters. The summed E-state index contributed by atoms with van der Waals surface area (Å²) < 4.78 is 4.63. The van der Waals surface area contributed by atoms with Crippen LogP contribution < -0.4 is 0 Å². The molecule has 4 nitrogen and oxygen atoms in total. The minimum Gasteiger partial charge on any atom is -0.469 e. The highest BCUT2D eigenvalue weighted by Gasteiger charge is 2.20. The van der Waals surface area contributed by atoms with Gasteiger partial charge in [0, 0.05) is 32.4 Å². The van der Waals surface area contributed by atoms with E-state index in [-0.39, 0.29) is 17.8 Å². The zero-order chi connectivity index (χ0) is 18.1. The number of benzene rings is 2. The molecule has 0 heterocycles. The summed E-state index contributed by atoms with van der Waals surface area (Å²) in [5.74, 6) is -0.146. The average molecular weight is 339 g/mol. The number of hydrogen-bond acceptors (Lipinski definition) is 3. The summed E-state index contributed by atoms with van der Waals surface area (Å²) in [4.78, 5) is 25.5. The molecule has 25 heavy (non-hydrogen) atoms. The van der Waals surface area contributed by atoms with Gasteiger partial charge in [-0.25, -0.2) is 0 Å². The number of esters is 1. The minimum absolute atomic E-state index is 0.0259. The van der Waals surface area contributed by atoms with Crippen molar-refractivity contribution < 1.29 is 14.3 Å². The van der Waals surface area contributed by atoms with E-state index in [1.54, 1.807) is 11.9 Å². The molecule has 0 aliphatic heterocycles. The average Bonchev–Trinajstić information content (AvgIpc) is 2.67. The molecule has 0 unspecified atom stereocenters. The van der Waals surface area contributed by atoms with E-state index >= 15 is 0 Å². The Hall–Kier alpha value is -2.62. The molecule has 4 heteroatoms. The van der Waals surface area contributed by atoms with Crippen LogP contribution in [0.4, 0.5) is 0 Å². The van der Waals surface area contributed by atoms with E-state index in [1.165, 1.54) is 7.11 Å². The lowest BCUT2D eigenvalue weighted by atomic mass is 9.88. The molecule has 132 valence electrons. The molecule has 0 bridgehead atoms. The molecule has 2 rings (SSSR count). The summed E-state index contributed by atoms with van der Waals surface area (Å²) in [6.07, 6.45) is 1.34. The van der Waals surface area contributed by atoms with Crippen molar-refractivity contribution in [3.05, 3.63) is 71.8 Å². The lowest BCUT2D eigenvalue weighted by Gasteiger charge is -2.22. The standard InChI is InChI=1S/C21H25NO3/c1-22(15-9-14-21(24)25-2)20(23)16-19(17-10-5-3-6-11-17)18-12-7-4-8-13-18/h3-8,10-13,19H,9,14-16H2,1-2H3. The largest absolute Gasteiger partial charge is 0.469 e. The molecule has 1 amide bonds. The first kappa shape index (κ1) is 18.7. The van der Waals surface area contributed by atoms with Crippen molar-refractivity contribution in [2.45, 2.75) is 25.2 Å². The molecule has 2 aromatic rings. The number of nitrogens with zero attached hydrogens (tertiary/aromatic N) is 1. The molecular weight excluding hydrogens is 314 g/mol. The van der Waals surface area contributed by atoms with Gasteiger partial charge in [0.15, 0.2) is 0 Å². The normalized spacial score (nSPS) is 10.5. The van der Waals surface area contributed by atoms with Gasteiger partial charge in [-0.3, -0.25) is 9.59 Å². The third-order valence-electron chi connectivity index (χ3n) is 4.31. The highest BCUT2D eigenvalue weighted by molar-refractivity contribution is 5.77. The van der Waals surface area contributed by atoms with Crippen LogP contribution in [0.15, 0.2) is 60.7 Å². The van der Waals surface area contributed by atoms with Gasteiger partial charge in [-0.15, -0.1) is 0 Å². The quantitative estimate of drug-likeness (QED) is 0.690. The second-order valence-corrected chi connectivity index (χ2v) is 6.07. The number of hydrogen-bond donors (Lipinski definition) is 0. The Morgan fingerprint density at radius 1 is 0.960 bits per heavy atom. The van der Waals surface area contributed by atoms with Crippen LogP contribution in [0.2, 0.25) is 0 Å². The fourth-order valence-corrected chi connectivity index (χ4v) is 2.82. The van der Waals surface area contributed by atoms with Crippen molar-refractivity contribution in [3.63, 3.8) is 0 Å². The monoisotopic (exact) mass is 339 g/mol. The SMILES string of the molecule is COC(=O)CCCN(C)C(=O)CC(c1ccccc1)c1ccccc1. The van der Waals surface area contributed by atoms with E-state index in [0.29, 0.717) is 25.8 Å². The van der Waals surface area contributed by atoms with E-state index in [0.717, 1.165) is 11.1 Å². The van der Waals surface area contributed by atoms with Crippen LogP contribution in [-0.2, 0) is 14.3 Å². The summed E-state index contributed by atoms with van der Waals surface area (Å²) >= 11 is 0. The van der Waals surface area contributed by atoms with Crippen molar-refractivity contribution in [2.24, 2.45) is 0 Å². The van der Waals surface area contributed by atoms with Crippen LogP contribution in [0.5, 0.6) is 0 Å². The van der Waals surface area contributed by atoms with Crippen molar-refractivity contribution in [1.29, 1.82) is 0 Å². The third-order valence-corrected chi connectivity index (χ3v) is 4.31. The van der Waals surface area contributed by atoms with Gasteiger partial charge < -0.3 is 9.64 Å². The highest BCUT2D eigenvalue weighted by atomic mass is 16.5. The first-order valence-corrected chi connectivity index (χ1v) is 8.52. The zero-order valence-corrected chi connectivity index (χ0v) is 14.9. The lowest BCUT2D eigenvalue weighted by molar-refractivity contribution is -0.141. The van der Waals surface area contributed by atoms with Crippen molar-refractivity contribution >= 4 is 11.9 Å². The number of amides is 1. The first-order chi connectivity index (χ1) is 12.1. The fraction of sp³-hybridized carbons (Fsp3) is 0.333. The smallest absolute Gasteiger partial charge is 0.305 e. The van der Waals surface area contributed by atoms with Crippen molar-refractivity contribution in [2.75, 3.05) is 20.7 Å². The summed E-state index contributed by atoms with van der Waals surface area (Å²) in [6.45, 7) is 0.546. The summed E-state index contributed by atoms with van der Waals surface area (Å²) in [7, 11) is 3.16. The zero-order valence-electron chi connectivity index (χ0n) is 14.9. The van der Waals surface area contributed by atoms with Crippen LogP contribution in [0, 0.1) is 0 Å². The van der Waals surface area contributed by atoms with Gasteiger partial charge in [-0.2, -0.15) is 0 Å². The highest BCUT2D eigenvalue weighted by Crippen LogP contribution is 2.28. The van der Waals surface area contributed by atoms with E-state index in [1.807, 2.05) is 36.4 Å². The molecule has 0 radical (unpaired) electrons. The molecule has 0 aromatic heterocycles. The molecule has 0 aliphatic carbocycles. The molecule has 0 spiro atoms. The Bertz CT molecular complexity index is 631. The van der Waals surface area contributed by atoms with Crippen LogP contribution in [0.3, 0.4) is 0 Å². The Kier molecular flexibility index (Phi) is 7.20. The van der Waals surface area contributed by atoms with Gasteiger partial charge in [-0.05, 0) is 17.5 Å². The topological polar surface area (TPSA) is 46.6 Å². The van der Waals surface area contributed by atoms with Crippen LogP contribution >= 0.6 is 0 Å². The van der Waals surface area contributed by atoms with Gasteiger partial charge in [0.05, 0.1) is 7.11 Å². The molecule has 0 saturated carbocycles. The molecule has 0 N–H and O–H groups in total. The second-order valence-electron chi connectivity index (χ2n) is 6.07. The molecule has 0 fully saturated rings. The Morgan fingerprint density at radius 2 is 1.48 bits per heavy atom. The predicted octanol–water partition coefficient (Wildman–Crippen LogP) is 3.62. The third kappa shape index (κ3) is 5.75. The summed E-state index contributed by atoms with van der Waals surface area (Å²) in [5.41, 5.74) is 2.26. The number of rotatable bonds is 8. The lowest BCUT2D eigenvalue weighted by Crippen LogP contribution is -2.29. The minimum atomic E-state index is -0.243. The van der Waals surface area contributed by atoms with E-state index in [9.17, 15) is 9.59 Å². The number of methoxy groups -OCH3 is 1. The maximum Gasteiger partial charge on any atom is 0.305 e. The van der Waals surface area contributed by atoms with Gasteiger partial charge in [0.25, 0.3) is 0 Å². The van der Waals surface area contributed by atoms with Crippen molar-refractivity contribution in [3.8, 4) is 0 Å². The van der Waals surface area contributed by atoms with Gasteiger partial charge in [0.2, 0.25) is 5.91 Å². The Morgan fingerprint density at radius 3 is 1.96 bits per heavy atom. The maximum atomic E-state index is 12.7. The van der Waals surface area contributed by atoms with E-state index in [2.05, 4.69) is 29.0 Å². The van der Waals surface area contributed by atoms with E-state index < -0.39 is 0 Å². The first-order valence-electron chi connectivity index (χ1n) is 8.52. The van der Waals surface area contributed by atoms with Crippen molar-refractivity contribution in [1.82, 2.24) is 4.90 Å². The molecule has 2 aromatic carbocycles. The van der Waals surface area contributed by atoms with Gasteiger partial charge >= 0.3 is 5.97 Å². The van der Waals surface area contributed by atoms with Crippen LogP contribution in [0.25, 0.3) is 0 Å². The fourth-order valence-electron chi connectivity index (χ4n) is 2.82. The number of ether oxygens (including phenoxy) is 1. The Balaban J connectivity index is 2.04. The number of carbonyl (C=O) groups excluding carboxylic acids is 2. The second kappa shape index (κ2) is 9.62. The predicted molar refractivity (Wildman–Crippen MR) is 98.2 cm³/mol. The maximum absolute atomic E-state index is 12.7. The van der Waals surface area contributed by atoms with Gasteiger partial charge in [0.1, 0.15) is 0 Å². The molecular formula is C21H25NO3. The van der Waals surface area contributed by atoms with Crippen LogP contribution in [0.1, 0.15) is 36.3 Å². The van der Waals surface area contributed by atoms with Crippen LogP contribution in [-0.4, -0.2) is 37.5 Å². The Labute approximate surface area is 149 Å². The molecule has 0 saturated heterocycles. The van der Waals surface area contributed by atoms with E-state index in [4.69, 9.17) is 0 Å². The summed E-state index contributed by atoms with van der Waals surface area (Å²) in [6, 6.07) is 20.2.